The fraction of sp³-hybridized carbons (Fsp3) is 0.625. The van der Waals surface area contributed by atoms with E-state index in [1.54, 1.807) is 12.3 Å². The second-order valence-electron chi connectivity index (χ2n) is 11.7. The van der Waals surface area contributed by atoms with Gasteiger partial charge in [0.1, 0.15) is 30.7 Å². The van der Waals surface area contributed by atoms with E-state index in [0.717, 1.165) is 0 Å². The van der Waals surface area contributed by atoms with Gasteiger partial charge in [0.05, 0.1) is 25.6 Å². The quantitative estimate of drug-likeness (QED) is 0.231. The molecule has 17 nitrogen and oxygen atoms in total. The Morgan fingerprint density at radius 3 is 2.82 bits per heavy atom. The predicted octanol–water partition coefficient (Wildman–Crippen LogP) is 2.48. The molecule has 3 aliphatic rings. The lowest BCUT2D eigenvalue weighted by Crippen LogP contribution is -2.34. The summed E-state index contributed by atoms with van der Waals surface area (Å²) in [4.78, 5) is 32.0. The molecule has 0 amide bonds. The van der Waals surface area contributed by atoms with Crippen molar-refractivity contribution in [1.29, 1.82) is 0 Å². The van der Waals surface area contributed by atoms with E-state index in [4.69, 9.17) is 27.6 Å². The minimum atomic E-state index is -3.99. The van der Waals surface area contributed by atoms with Crippen molar-refractivity contribution in [3.63, 3.8) is 0 Å². The summed E-state index contributed by atoms with van der Waals surface area (Å²) in [7, 11) is -3.22. The van der Waals surface area contributed by atoms with Crippen molar-refractivity contribution < 1.29 is 41.8 Å². The molecule has 0 aromatic carbocycles. The maximum absolute atomic E-state index is 13.3. The topological polar surface area (TPSA) is 211 Å². The number of rotatable bonds is 4. The molecule has 2 saturated heterocycles. The average Bonchev–Trinajstić information content (AvgIpc) is 3.61. The van der Waals surface area contributed by atoms with Gasteiger partial charge in [-0.1, -0.05) is 12.2 Å². The first kappa shape index (κ1) is 31.6. The third kappa shape index (κ3) is 7.03. The summed E-state index contributed by atoms with van der Waals surface area (Å²) in [5.41, 5.74) is -0.787. The van der Waals surface area contributed by atoms with Crippen molar-refractivity contribution in [1.82, 2.24) is 29.5 Å². The number of nitrogens with one attached hydrogen (secondary N) is 2. The number of H-pyrrole nitrogens is 1. The smallest absolute Gasteiger partial charge is 0.386 e. The Labute approximate surface area is 257 Å². The number of fused-ring (bicyclic) bond motifs is 4. The van der Waals surface area contributed by atoms with Crippen LogP contribution in [0.1, 0.15) is 39.8 Å². The molecular weight excluding hydrogens is 640 g/mol. The number of hydrogen-bond acceptors (Lipinski definition) is 15. The number of ether oxygens (including phenoxy) is 2. The molecule has 1 aliphatic carbocycles. The highest BCUT2D eigenvalue weighted by atomic mass is 32.7. The van der Waals surface area contributed by atoms with Crippen LogP contribution in [-0.2, 0) is 32.0 Å². The van der Waals surface area contributed by atoms with E-state index in [0.29, 0.717) is 18.7 Å². The number of anilines is 1. The van der Waals surface area contributed by atoms with Crippen molar-refractivity contribution >= 4 is 44.4 Å². The highest BCUT2D eigenvalue weighted by Crippen LogP contribution is 2.57. The first-order valence-corrected chi connectivity index (χ1v) is 17.8. The summed E-state index contributed by atoms with van der Waals surface area (Å²) < 4.78 is 62.6. The van der Waals surface area contributed by atoms with Crippen molar-refractivity contribution in [3.8, 4) is 5.88 Å². The van der Waals surface area contributed by atoms with E-state index in [9.17, 15) is 19.0 Å². The van der Waals surface area contributed by atoms with Crippen molar-refractivity contribution in [2.45, 2.75) is 75.9 Å². The molecule has 2 bridgehead atoms. The van der Waals surface area contributed by atoms with Crippen LogP contribution < -0.4 is 15.6 Å². The zero-order valence-corrected chi connectivity index (χ0v) is 26.7. The van der Waals surface area contributed by atoms with Crippen LogP contribution in [0.4, 0.5) is 5.95 Å². The van der Waals surface area contributed by atoms with Crippen LogP contribution >= 0.6 is 27.3 Å². The van der Waals surface area contributed by atoms with E-state index in [1.165, 1.54) is 17.2 Å². The largest absolute Gasteiger partial charge is 0.474 e. The van der Waals surface area contributed by atoms with Crippen molar-refractivity contribution in [2.24, 2.45) is 5.92 Å². The molecule has 6 rings (SSSR count). The third-order valence-corrected chi connectivity index (χ3v) is 9.77. The Kier molecular flexibility index (Phi) is 8.91. The van der Waals surface area contributed by atoms with Crippen LogP contribution in [0.3, 0.4) is 0 Å². The SMILES string of the molecule is CC(C)(C)Nc1nc2c(ncn2[C@@H]2O[C@@H]3CO[P@@](=O)(S)O[C@H]4C[C@H](Oc5ccncn5)C[C@@H]4CO[PH](=O)O[C@@H]2[C@@H]3O)c(=O)[nH]1. The Morgan fingerprint density at radius 2 is 2.07 bits per heavy atom. The lowest BCUT2D eigenvalue weighted by atomic mass is 10.1. The second-order valence-corrected chi connectivity index (χ2v) is 15.6. The second kappa shape index (κ2) is 12.4. The van der Waals surface area contributed by atoms with Gasteiger partial charge in [-0.05, 0) is 27.2 Å². The van der Waals surface area contributed by atoms with Crippen LogP contribution in [0, 0.1) is 5.92 Å². The summed E-state index contributed by atoms with van der Waals surface area (Å²) >= 11 is 4.16. The van der Waals surface area contributed by atoms with Gasteiger partial charge in [-0.15, -0.1) is 0 Å². The Bertz CT molecular complexity index is 1620. The van der Waals surface area contributed by atoms with Gasteiger partial charge in [-0.25, -0.2) is 19.5 Å². The fourth-order valence-electron chi connectivity index (χ4n) is 5.38. The van der Waals surface area contributed by atoms with Gasteiger partial charge < -0.3 is 24.4 Å². The van der Waals surface area contributed by atoms with Crippen molar-refractivity contribution in [2.75, 3.05) is 18.5 Å². The maximum atomic E-state index is 13.3. The lowest BCUT2D eigenvalue weighted by molar-refractivity contribution is -0.0485. The van der Waals surface area contributed by atoms with Crippen LogP contribution in [0.15, 0.2) is 29.7 Å². The van der Waals surface area contributed by atoms with Gasteiger partial charge >= 0.3 is 15.1 Å². The highest BCUT2D eigenvalue weighted by molar-refractivity contribution is 8.44. The van der Waals surface area contributed by atoms with E-state index < -0.39 is 69.3 Å². The third-order valence-electron chi connectivity index (χ3n) is 7.26. The van der Waals surface area contributed by atoms with Gasteiger partial charge in [0.25, 0.3) is 5.56 Å². The Morgan fingerprint density at radius 1 is 1.25 bits per heavy atom. The van der Waals surface area contributed by atoms with Gasteiger partial charge in [-0.3, -0.25) is 32.5 Å². The lowest BCUT2D eigenvalue weighted by Gasteiger charge is -2.24. The molecule has 1 saturated carbocycles. The van der Waals surface area contributed by atoms with Crippen LogP contribution in [0.2, 0.25) is 0 Å². The minimum Gasteiger partial charge on any atom is -0.474 e. The molecule has 9 atom stereocenters. The molecular formula is C24H33N7O10P2S. The molecule has 2 aliphatic heterocycles. The fourth-order valence-corrected chi connectivity index (χ4v) is 7.84. The average molecular weight is 674 g/mol. The summed E-state index contributed by atoms with van der Waals surface area (Å²) in [6, 6.07) is 1.61. The summed E-state index contributed by atoms with van der Waals surface area (Å²) in [6.07, 6.45) is -1.08. The summed E-state index contributed by atoms with van der Waals surface area (Å²) in [6.45, 7) is 1.21. The number of aromatic amines is 1. The number of nitrogens with zero attached hydrogens (tertiary/aromatic N) is 5. The number of thiol groups is 1. The number of imidazole rings is 1. The molecule has 3 aromatic rings. The number of aliphatic hydroxyl groups is 1. The molecule has 240 valence electrons. The van der Waals surface area contributed by atoms with Gasteiger partial charge in [-0.2, -0.15) is 4.98 Å². The zero-order chi connectivity index (χ0) is 31.2. The molecule has 20 heteroatoms. The first-order valence-electron chi connectivity index (χ1n) is 13.9. The molecule has 3 aromatic heterocycles. The monoisotopic (exact) mass is 673 g/mol. The Hall–Kier alpha value is -2.40. The summed E-state index contributed by atoms with van der Waals surface area (Å²) in [5.74, 6) is 0.147. The number of hydrogen-bond donors (Lipinski definition) is 4. The van der Waals surface area contributed by atoms with Crippen LogP contribution in [0.25, 0.3) is 11.2 Å². The molecule has 3 N–H and O–H groups in total. The van der Waals surface area contributed by atoms with Crippen LogP contribution in [0.5, 0.6) is 5.88 Å². The first-order chi connectivity index (χ1) is 20.8. The van der Waals surface area contributed by atoms with Crippen molar-refractivity contribution in [3.05, 3.63) is 35.3 Å². The summed E-state index contributed by atoms with van der Waals surface area (Å²) in [5, 5.41) is 14.3. The van der Waals surface area contributed by atoms with Gasteiger partial charge in [0.15, 0.2) is 17.4 Å². The van der Waals surface area contributed by atoms with E-state index in [1.807, 2.05) is 20.8 Å². The molecule has 0 radical (unpaired) electrons. The Balaban J connectivity index is 1.25. The van der Waals surface area contributed by atoms with Gasteiger partial charge in [0, 0.05) is 30.1 Å². The van der Waals surface area contributed by atoms with E-state index in [-0.39, 0.29) is 29.8 Å². The standard InChI is InChI=1S/C24H33N7O10P2S/c1-24(2,3)30-23-28-20-17(21(33)29-23)27-11-31(20)22-19-18(32)15(39-22)9-37-43(35,44)41-14-7-13(38-16-4-5-25-10-26-16)6-12(14)8-36-42(34)40-19/h4-5,10-15,18-19,22,32,42H,6-9H2,1-3H3,(H,35,44)(H2,28,29,30,33)/t12-,13-,14+,15-,18-,19-,22-,43-/m1/s1. The molecule has 3 fully saturated rings. The van der Waals surface area contributed by atoms with E-state index >= 15 is 0 Å². The van der Waals surface area contributed by atoms with Gasteiger partial charge in [0.2, 0.25) is 11.8 Å². The number of aromatic nitrogens is 6. The van der Waals surface area contributed by atoms with E-state index in [2.05, 4.69) is 42.5 Å². The van der Waals surface area contributed by atoms with Crippen LogP contribution in [-0.4, -0.2) is 83.9 Å². The zero-order valence-electron chi connectivity index (χ0n) is 23.9. The molecule has 5 heterocycles. The highest BCUT2D eigenvalue weighted by Gasteiger charge is 2.49. The number of aliphatic hydroxyl groups excluding tert-OH is 1. The predicted molar refractivity (Wildman–Crippen MR) is 158 cm³/mol. The molecule has 1 unspecified atom stereocenters. The minimum absolute atomic E-state index is 0.0126. The maximum Gasteiger partial charge on any atom is 0.386 e. The molecule has 44 heavy (non-hydrogen) atoms. The molecule has 0 spiro atoms. The normalized spacial score (nSPS) is 34.9.